The quantitative estimate of drug-likeness (QED) is 0.322. The fourth-order valence-corrected chi connectivity index (χ4v) is 6.07. The van der Waals surface area contributed by atoms with Gasteiger partial charge in [0, 0.05) is 17.7 Å². The Hall–Kier alpha value is -3.25. The molecule has 6 heteroatoms. The third-order valence-electron chi connectivity index (χ3n) is 7.43. The number of fused-ring (bicyclic) bond motifs is 1. The van der Waals surface area contributed by atoms with E-state index in [9.17, 15) is 4.79 Å². The predicted octanol–water partition coefficient (Wildman–Crippen LogP) is 8.13. The van der Waals surface area contributed by atoms with Gasteiger partial charge in [-0.3, -0.25) is 4.79 Å². The topological polar surface area (TPSA) is 59.6 Å². The molecule has 2 unspecified atom stereocenters. The van der Waals surface area contributed by atoms with Gasteiger partial charge < -0.3 is 20.1 Å². The number of Topliss-reactive ketones (excluding diaryl/α,β-unsaturated/α-hetero) is 1. The lowest BCUT2D eigenvalue weighted by Gasteiger charge is -2.30. The van der Waals surface area contributed by atoms with Gasteiger partial charge in [-0.1, -0.05) is 57.2 Å². The van der Waals surface area contributed by atoms with Gasteiger partial charge in [0.25, 0.3) is 0 Å². The average molecular weight is 576 g/mol. The lowest BCUT2D eigenvalue weighted by Crippen LogP contribution is -2.27. The highest BCUT2D eigenvalue weighted by Gasteiger charge is 2.36. The van der Waals surface area contributed by atoms with E-state index in [2.05, 4.69) is 77.7 Å². The number of ether oxygens (including phenoxy) is 2. The second kappa shape index (κ2) is 10.5. The van der Waals surface area contributed by atoms with Crippen LogP contribution in [-0.4, -0.2) is 19.5 Å². The first-order valence-electron chi connectivity index (χ1n) is 13.2. The van der Waals surface area contributed by atoms with Crippen LogP contribution in [0.3, 0.4) is 0 Å². The maximum absolute atomic E-state index is 13.9. The molecule has 3 aromatic rings. The summed E-state index contributed by atoms with van der Waals surface area (Å²) >= 11 is 3.66. The molecular formula is C32H35BrN2O3. The Morgan fingerprint density at radius 2 is 1.68 bits per heavy atom. The van der Waals surface area contributed by atoms with Gasteiger partial charge in [-0.2, -0.15) is 0 Å². The molecule has 0 aromatic heterocycles. The summed E-state index contributed by atoms with van der Waals surface area (Å²) in [6, 6.07) is 20.6. The van der Waals surface area contributed by atoms with Gasteiger partial charge in [-0.25, -0.2) is 0 Å². The molecule has 2 atom stereocenters. The van der Waals surface area contributed by atoms with Crippen LogP contribution >= 0.6 is 15.9 Å². The van der Waals surface area contributed by atoms with Gasteiger partial charge in [-0.05, 0) is 81.6 Å². The summed E-state index contributed by atoms with van der Waals surface area (Å²) in [7, 11) is 1.63. The highest BCUT2D eigenvalue weighted by Crippen LogP contribution is 2.47. The van der Waals surface area contributed by atoms with E-state index >= 15 is 0 Å². The van der Waals surface area contributed by atoms with Crippen molar-refractivity contribution in [2.24, 2.45) is 0 Å². The fraction of sp³-hybridized carbons (Fsp3) is 0.344. The van der Waals surface area contributed by atoms with Crippen LogP contribution < -0.4 is 20.1 Å². The molecule has 0 amide bonds. The van der Waals surface area contributed by atoms with Crippen molar-refractivity contribution >= 4 is 33.1 Å². The Bertz CT molecular complexity index is 1390. The summed E-state index contributed by atoms with van der Waals surface area (Å²) in [6.45, 7) is 9.12. The maximum atomic E-state index is 13.9. The van der Waals surface area contributed by atoms with E-state index in [4.69, 9.17) is 9.47 Å². The molecule has 0 saturated carbocycles. The summed E-state index contributed by atoms with van der Waals surface area (Å²) in [6.07, 6.45) is 1.23. The molecule has 1 heterocycles. The molecule has 1 aliphatic carbocycles. The standard InChI is InChI=1S/C32H35BrN2O3/c1-6-38-28-18-21(15-23(33)31(28)37-5)30-29-26(34-24-9-7-8-10-25(24)35-30)16-20(17-27(29)36)19-11-13-22(14-12-19)32(2,3)4/h7-15,18,20,30,34-35H,6,16-17H2,1-5H3. The smallest absolute Gasteiger partial charge is 0.174 e. The second-order valence-corrected chi connectivity index (χ2v) is 11.9. The molecule has 0 bridgehead atoms. The van der Waals surface area contributed by atoms with Crippen LogP contribution in [0.25, 0.3) is 0 Å². The van der Waals surface area contributed by atoms with E-state index in [0.717, 1.165) is 39.1 Å². The van der Waals surface area contributed by atoms with Crippen LogP contribution in [0.2, 0.25) is 0 Å². The number of rotatable bonds is 5. The minimum atomic E-state index is -0.334. The number of hydrogen-bond acceptors (Lipinski definition) is 5. The van der Waals surface area contributed by atoms with Gasteiger partial charge in [0.05, 0.1) is 35.6 Å². The van der Waals surface area contributed by atoms with Crippen molar-refractivity contribution in [3.05, 3.63) is 93.1 Å². The van der Waals surface area contributed by atoms with Crippen LogP contribution in [0.5, 0.6) is 11.5 Å². The van der Waals surface area contributed by atoms with Crippen LogP contribution in [0.4, 0.5) is 11.4 Å². The zero-order valence-corrected chi connectivity index (χ0v) is 24.2. The minimum Gasteiger partial charge on any atom is -0.492 e. The van der Waals surface area contributed by atoms with Gasteiger partial charge >= 0.3 is 0 Å². The third kappa shape index (κ3) is 5.06. The SMILES string of the molecule is CCOc1cc(C2Nc3ccccc3NC3=C2C(=O)CC(c2ccc(C(C)(C)C)cc2)C3)cc(Br)c1OC. The van der Waals surface area contributed by atoms with Crippen molar-refractivity contribution in [3.8, 4) is 11.5 Å². The number of halogens is 1. The van der Waals surface area contributed by atoms with E-state index in [0.29, 0.717) is 24.5 Å². The van der Waals surface area contributed by atoms with Crippen molar-refractivity contribution < 1.29 is 14.3 Å². The van der Waals surface area contributed by atoms with Crippen molar-refractivity contribution in [2.45, 2.75) is 57.9 Å². The predicted molar refractivity (Wildman–Crippen MR) is 157 cm³/mol. The number of nitrogens with one attached hydrogen (secondary N) is 2. The van der Waals surface area contributed by atoms with Crippen LogP contribution in [0.1, 0.15) is 69.2 Å². The number of anilines is 2. The Kier molecular flexibility index (Phi) is 7.28. The van der Waals surface area contributed by atoms with Crippen LogP contribution in [-0.2, 0) is 10.2 Å². The molecule has 0 radical (unpaired) electrons. The molecule has 0 spiro atoms. The van der Waals surface area contributed by atoms with Crippen molar-refractivity contribution in [3.63, 3.8) is 0 Å². The molecular weight excluding hydrogens is 540 g/mol. The lowest BCUT2D eigenvalue weighted by atomic mass is 9.77. The number of methoxy groups -OCH3 is 1. The first kappa shape index (κ1) is 26.4. The largest absolute Gasteiger partial charge is 0.492 e. The van der Waals surface area contributed by atoms with Crippen molar-refractivity contribution in [1.82, 2.24) is 0 Å². The highest BCUT2D eigenvalue weighted by molar-refractivity contribution is 9.10. The van der Waals surface area contributed by atoms with Crippen LogP contribution in [0, 0.1) is 0 Å². The molecule has 0 fully saturated rings. The number of para-hydroxylation sites is 2. The molecule has 38 heavy (non-hydrogen) atoms. The number of allylic oxidation sites excluding steroid dienone is 1. The molecule has 198 valence electrons. The van der Waals surface area contributed by atoms with E-state index in [1.165, 1.54) is 11.1 Å². The molecule has 0 saturated heterocycles. The number of ketones is 1. The molecule has 5 nitrogen and oxygen atoms in total. The van der Waals surface area contributed by atoms with Crippen molar-refractivity contribution in [2.75, 3.05) is 24.4 Å². The first-order valence-corrected chi connectivity index (χ1v) is 14.0. The Balaban J connectivity index is 1.58. The minimum absolute atomic E-state index is 0.0923. The average Bonchev–Trinajstić information content (AvgIpc) is 3.05. The summed E-state index contributed by atoms with van der Waals surface area (Å²) in [5.74, 6) is 1.56. The molecule has 2 N–H and O–H groups in total. The monoisotopic (exact) mass is 574 g/mol. The molecule has 2 aliphatic rings. The molecule has 5 rings (SSSR count). The normalized spacial score (nSPS) is 19.1. The molecule has 3 aromatic carbocycles. The number of carbonyl (C=O) groups is 1. The first-order chi connectivity index (χ1) is 18.2. The maximum Gasteiger partial charge on any atom is 0.174 e. The van der Waals surface area contributed by atoms with Crippen molar-refractivity contribution in [1.29, 1.82) is 0 Å². The highest BCUT2D eigenvalue weighted by atomic mass is 79.9. The number of benzene rings is 3. The third-order valence-corrected chi connectivity index (χ3v) is 8.02. The Morgan fingerprint density at radius 3 is 2.34 bits per heavy atom. The summed E-state index contributed by atoms with van der Waals surface area (Å²) in [4.78, 5) is 13.9. The van der Waals surface area contributed by atoms with E-state index in [1.807, 2.05) is 37.3 Å². The second-order valence-electron chi connectivity index (χ2n) is 11.0. The van der Waals surface area contributed by atoms with E-state index in [-0.39, 0.29) is 23.2 Å². The summed E-state index contributed by atoms with van der Waals surface area (Å²) < 4.78 is 12.3. The Labute approximate surface area is 233 Å². The van der Waals surface area contributed by atoms with Gasteiger partial charge in [0.1, 0.15) is 0 Å². The zero-order chi connectivity index (χ0) is 27.0. The van der Waals surface area contributed by atoms with Gasteiger partial charge in [-0.15, -0.1) is 0 Å². The lowest BCUT2D eigenvalue weighted by molar-refractivity contribution is -0.116. The molecule has 1 aliphatic heterocycles. The fourth-order valence-electron chi connectivity index (χ4n) is 5.45. The van der Waals surface area contributed by atoms with E-state index in [1.54, 1.807) is 7.11 Å². The Morgan fingerprint density at radius 1 is 0.974 bits per heavy atom. The van der Waals surface area contributed by atoms with E-state index < -0.39 is 0 Å². The zero-order valence-electron chi connectivity index (χ0n) is 22.7. The summed E-state index contributed by atoms with van der Waals surface area (Å²) in [5.41, 5.74) is 7.20. The van der Waals surface area contributed by atoms with Crippen LogP contribution in [0.15, 0.2) is 76.4 Å². The van der Waals surface area contributed by atoms with Gasteiger partial charge in [0.15, 0.2) is 17.3 Å². The number of carbonyl (C=O) groups excluding carboxylic acids is 1. The number of hydrogen-bond donors (Lipinski definition) is 2. The van der Waals surface area contributed by atoms with Gasteiger partial charge in [0.2, 0.25) is 0 Å². The summed E-state index contributed by atoms with van der Waals surface area (Å²) in [5, 5.41) is 7.29.